The van der Waals surface area contributed by atoms with Crippen molar-refractivity contribution in [1.29, 1.82) is 0 Å². The third kappa shape index (κ3) is 1.50. The standard InChI is InChI=1S/C6H12N2O/c7-4-6(9)5-2-1-3-8-5/h5,8H,1-4,7H2/t5-/m0/s1. The zero-order valence-electron chi connectivity index (χ0n) is 5.39. The van der Waals surface area contributed by atoms with Crippen molar-refractivity contribution in [3.63, 3.8) is 0 Å². The van der Waals surface area contributed by atoms with Crippen molar-refractivity contribution in [3.8, 4) is 0 Å². The summed E-state index contributed by atoms with van der Waals surface area (Å²) in [6, 6.07) is 0.0648. The van der Waals surface area contributed by atoms with E-state index in [1.54, 1.807) is 0 Å². The Kier molecular flexibility index (Phi) is 2.19. The lowest BCUT2D eigenvalue weighted by Crippen LogP contribution is -2.35. The molecular weight excluding hydrogens is 116 g/mol. The molecule has 1 aliphatic heterocycles. The molecule has 9 heavy (non-hydrogen) atoms. The third-order valence-corrected chi connectivity index (χ3v) is 1.65. The first-order chi connectivity index (χ1) is 4.34. The first kappa shape index (κ1) is 6.71. The summed E-state index contributed by atoms with van der Waals surface area (Å²) in [6.45, 7) is 1.15. The van der Waals surface area contributed by atoms with Gasteiger partial charge < -0.3 is 11.1 Å². The van der Waals surface area contributed by atoms with Crippen LogP contribution in [0.1, 0.15) is 12.8 Å². The molecule has 1 aliphatic rings. The zero-order valence-corrected chi connectivity index (χ0v) is 5.39. The summed E-state index contributed by atoms with van der Waals surface area (Å²) in [4.78, 5) is 10.8. The first-order valence-corrected chi connectivity index (χ1v) is 3.31. The van der Waals surface area contributed by atoms with Crippen molar-refractivity contribution in [2.75, 3.05) is 13.1 Å². The van der Waals surface area contributed by atoms with Gasteiger partial charge in [-0.25, -0.2) is 0 Å². The monoisotopic (exact) mass is 128 g/mol. The Balaban J connectivity index is 2.32. The summed E-state index contributed by atoms with van der Waals surface area (Å²) in [5, 5.41) is 3.08. The highest BCUT2D eigenvalue weighted by molar-refractivity contribution is 5.85. The number of rotatable bonds is 2. The molecule has 1 saturated heterocycles. The van der Waals surface area contributed by atoms with Gasteiger partial charge in [-0.3, -0.25) is 4.79 Å². The molecule has 0 amide bonds. The van der Waals surface area contributed by atoms with Gasteiger partial charge in [0.2, 0.25) is 0 Å². The maximum absolute atomic E-state index is 10.8. The second kappa shape index (κ2) is 2.94. The van der Waals surface area contributed by atoms with E-state index in [0.29, 0.717) is 0 Å². The van der Waals surface area contributed by atoms with E-state index >= 15 is 0 Å². The van der Waals surface area contributed by atoms with Gasteiger partial charge in [-0.1, -0.05) is 0 Å². The Morgan fingerprint density at radius 2 is 2.56 bits per heavy atom. The van der Waals surface area contributed by atoms with E-state index < -0.39 is 0 Å². The summed E-state index contributed by atoms with van der Waals surface area (Å²) in [6.07, 6.45) is 2.08. The normalized spacial score (nSPS) is 26.6. The quantitative estimate of drug-likeness (QED) is 0.515. The molecule has 3 N–H and O–H groups in total. The number of Topliss-reactive ketones (excluding diaryl/α,β-unsaturated/α-hetero) is 1. The van der Waals surface area contributed by atoms with Crippen molar-refractivity contribution in [2.45, 2.75) is 18.9 Å². The fourth-order valence-corrected chi connectivity index (χ4v) is 1.10. The molecular formula is C6H12N2O. The van der Waals surface area contributed by atoms with Gasteiger partial charge in [-0.2, -0.15) is 0 Å². The highest BCUT2D eigenvalue weighted by Crippen LogP contribution is 2.04. The minimum atomic E-state index is 0.0648. The maximum atomic E-state index is 10.8. The van der Waals surface area contributed by atoms with Crippen LogP contribution in [-0.2, 0) is 4.79 Å². The van der Waals surface area contributed by atoms with Gasteiger partial charge in [-0.15, -0.1) is 0 Å². The molecule has 0 aromatic heterocycles. The van der Waals surface area contributed by atoms with Crippen LogP contribution in [0.2, 0.25) is 0 Å². The second-order valence-electron chi connectivity index (χ2n) is 2.32. The van der Waals surface area contributed by atoms with Gasteiger partial charge in [0.1, 0.15) is 0 Å². The average Bonchev–Trinajstić information content (AvgIpc) is 2.37. The molecule has 1 atom stereocenters. The second-order valence-corrected chi connectivity index (χ2v) is 2.32. The number of nitrogens with two attached hydrogens (primary N) is 1. The van der Waals surface area contributed by atoms with Crippen LogP contribution in [0.5, 0.6) is 0 Å². The van der Waals surface area contributed by atoms with Gasteiger partial charge in [0.15, 0.2) is 5.78 Å². The third-order valence-electron chi connectivity index (χ3n) is 1.65. The van der Waals surface area contributed by atoms with Crippen LogP contribution in [0.4, 0.5) is 0 Å². The van der Waals surface area contributed by atoms with Crippen LogP contribution < -0.4 is 11.1 Å². The minimum absolute atomic E-state index is 0.0648. The Morgan fingerprint density at radius 3 is 3.00 bits per heavy atom. The Labute approximate surface area is 54.6 Å². The van der Waals surface area contributed by atoms with Crippen LogP contribution >= 0.6 is 0 Å². The van der Waals surface area contributed by atoms with Crippen molar-refractivity contribution in [2.24, 2.45) is 5.73 Å². The highest BCUT2D eigenvalue weighted by Gasteiger charge is 2.19. The first-order valence-electron chi connectivity index (χ1n) is 3.31. The Morgan fingerprint density at radius 1 is 1.78 bits per heavy atom. The molecule has 1 rings (SSSR count). The SMILES string of the molecule is NCC(=O)[C@@H]1CCCN1. The molecule has 0 bridgehead atoms. The molecule has 0 saturated carbocycles. The Bertz CT molecular complexity index is 108. The largest absolute Gasteiger partial charge is 0.324 e. The van der Waals surface area contributed by atoms with E-state index in [4.69, 9.17) is 5.73 Å². The van der Waals surface area contributed by atoms with E-state index in [9.17, 15) is 4.79 Å². The lowest BCUT2D eigenvalue weighted by atomic mass is 10.1. The van der Waals surface area contributed by atoms with Crippen molar-refractivity contribution >= 4 is 5.78 Å². The van der Waals surface area contributed by atoms with Crippen LogP contribution in [0.15, 0.2) is 0 Å². The molecule has 3 nitrogen and oxygen atoms in total. The van der Waals surface area contributed by atoms with Crippen molar-refractivity contribution in [1.82, 2.24) is 5.32 Å². The molecule has 3 heteroatoms. The molecule has 0 aliphatic carbocycles. The lowest BCUT2D eigenvalue weighted by Gasteiger charge is -2.04. The predicted octanol–water partition coefficient (Wildman–Crippen LogP) is -0.734. The molecule has 0 spiro atoms. The topological polar surface area (TPSA) is 55.1 Å². The fraction of sp³-hybridized carbons (Fsp3) is 0.833. The summed E-state index contributed by atoms with van der Waals surface area (Å²) < 4.78 is 0. The number of nitrogens with one attached hydrogen (secondary N) is 1. The van der Waals surface area contributed by atoms with E-state index in [1.807, 2.05) is 0 Å². The molecule has 1 heterocycles. The van der Waals surface area contributed by atoms with Crippen LogP contribution in [0.3, 0.4) is 0 Å². The smallest absolute Gasteiger partial charge is 0.163 e. The van der Waals surface area contributed by atoms with Crippen LogP contribution in [-0.4, -0.2) is 24.9 Å². The van der Waals surface area contributed by atoms with Crippen LogP contribution in [0, 0.1) is 0 Å². The van der Waals surface area contributed by atoms with E-state index in [1.165, 1.54) is 0 Å². The number of carbonyl (C=O) groups excluding carboxylic acids is 1. The highest BCUT2D eigenvalue weighted by atomic mass is 16.1. The molecule has 0 radical (unpaired) electrons. The Hall–Kier alpha value is -0.410. The van der Waals surface area contributed by atoms with E-state index in [2.05, 4.69) is 5.32 Å². The molecule has 0 unspecified atom stereocenters. The number of ketones is 1. The van der Waals surface area contributed by atoms with Gasteiger partial charge in [0.05, 0.1) is 12.6 Å². The summed E-state index contributed by atoms with van der Waals surface area (Å²) in [7, 11) is 0. The van der Waals surface area contributed by atoms with Gasteiger partial charge >= 0.3 is 0 Å². The predicted molar refractivity (Wildman–Crippen MR) is 35.1 cm³/mol. The molecule has 0 aromatic rings. The number of hydrogen-bond acceptors (Lipinski definition) is 3. The van der Waals surface area contributed by atoms with Crippen molar-refractivity contribution in [3.05, 3.63) is 0 Å². The number of carbonyl (C=O) groups is 1. The average molecular weight is 128 g/mol. The molecule has 0 aromatic carbocycles. The lowest BCUT2D eigenvalue weighted by molar-refractivity contribution is -0.119. The maximum Gasteiger partial charge on any atom is 0.163 e. The van der Waals surface area contributed by atoms with Crippen molar-refractivity contribution < 1.29 is 4.79 Å². The summed E-state index contributed by atoms with van der Waals surface area (Å²) in [5.41, 5.74) is 5.16. The minimum Gasteiger partial charge on any atom is -0.324 e. The zero-order chi connectivity index (χ0) is 6.69. The van der Waals surface area contributed by atoms with E-state index in [0.717, 1.165) is 19.4 Å². The van der Waals surface area contributed by atoms with Gasteiger partial charge in [-0.05, 0) is 19.4 Å². The number of hydrogen-bond donors (Lipinski definition) is 2. The summed E-state index contributed by atoms with van der Waals surface area (Å²) in [5.74, 6) is 0.146. The molecule has 1 fully saturated rings. The van der Waals surface area contributed by atoms with Gasteiger partial charge in [0.25, 0.3) is 0 Å². The molecule has 52 valence electrons. The summed E-state index contributed by atoms with van der Waals surface area (Å²) >= 11 is 0. The van der Waals surface area contributed by atoms with Crippen LogP contribution in [0.25, 0.3) is 0 Å². The fourth-order valence-electron chi connectivity index (χ4n) is 1.10. The van der Waals surface area contributed by atoms with Gasteiger partial charge in [0, 0.05) is 0 Å². The van der Waals surface area contributed by atoms with E-state index in [-0.39, 0.29) is 18.4 Å².